The van der Waals surface area contributed by atoms with Gasteiger partial charge in [-0.2, -0.15) is 0 Å². The number of halogens is 2. The first kappa shape index (κ1) is 18.0. The monoisotopic (exact) mass is 396 g/mol. The molecule has 1 aromatic heterocycles. The normalized spacial score (nSPS) is 11.4. The van der Waals surface area contributed by atoms with Gasteiger partial charge in [0.15, 0.2) is 17.1 Å². The highest BCUT2D eigenvalue weighted by Crippen LogP contribution is 2.34. The van der Waals surface area contributed by atoms with Crippen molar-refractivity contribution in [3.8, 4) is 23.0 Å². The van der Waals surface area contributed by atoms with Gasteiger partial charge in [-0.15, -0.1) is 0 Å². The zero-order chi connectivity index (χ0) is 19.7. The van der Waals surface area contributed by atoms with Crippen LogP contribution in [0.1, 0.15) is 5.56 Å². The van der Waals surface area contributed by atoms with Crippen LogP contribution in [-0.4, -0.2) is 23.4 Å². The Morgan fingerprint density at radius 2 is 1.93 bits per heavy atom. The molecule has 4 rings (SSSR count). The molecule has 0 saturated carbocycles. The molecule has 4 aromatic rings. The first-order valence-electron chi connectivity index (χ1n) is 8.31. The zero-order valence-electron chi connectivity index (χ0n) is 14.7. The molecule has 140 valence electrons. The van der Waals surface area contributed by atoms with Crippen molar-refractivity contribution >= 4 is 34.6 Å². The van der Waals surface area contributed by atoms with Crippen LogP contribution < -0.4 is 4.74 Å². The lowest BCUT2D eigenvalue weighted by atomic mass is 10.2. The van der Waals surface area contributed by atoms with Gasteiger partial charge in [-0.1, -0.05) is 11.6 Å². The van der Waals surface area contributed by atoms with Crippen LogP contribution in [0.5, 0.6) is 11.5 Å². The van der Waals surface area contributed by atoms with Crippen LogP contribution in [0.2, 0.25) is 5.02 Å². The number of phenols is 1. The SMILES string of the molecule is COc1ccc(Cl)c(C=Nc2ccc3oc(-c4ccc(F)cc4)nc3c2)c1O. The number of aromatic nitrogens is 1. The molecule has 0 amide bonds. The second-order valence-corrected chi connectivity index (χ2v) is 6.36. The summed E-state index contributed by atoms with van der Waals surface area (Å²) in [5.74, 6) is 0.294. The fourth-order valence-electron chi connectivity index (χ4n) is 2.70. The van der Waals surface area contributed by atoms with E-state index in [1.165, 1.54) is 25.5 Å². The highest BCUT2D eigenvalue weighted by Gasteiger charge is 2.11. The van der Waals surface area contributed by atoms with Gasteiger partial charge in [0.1, 0.15) is 11.3 Å². The Kier molecular flexibility index (Phi) is 4.71. The Morgan fingerprint density at radius 1 is 1.14 bits per heavy atom. The number of rotatable bonds is 4. The summed E-state index contributed by atoms with van der Waals surface area (Å²) in [7, 11) is 1.46. The second kappa shape index (κ2) is 7.32. The van der Waals surface area contributed by atoms with E-state index in [0.29, 0.717) is 44.6 Å². The number of fused-ring (bicyclic) bond motifs is 1. The number of benzene rings is 3. The molecule has 0 unspecified atom stereocenters. The highest BCUT2D eigenvalue weighted by molar-refractivity contribution is 6.33. The Hall–Kier alpha value is -3.38. The summed E-state index contributed by atoms with van der Waals surface area (Å²) in [6.07, 6.45) is 1.46. The molecule has 28 heavy (non-hydrogen) atoms. The number of methoxy groups -OCH3 is 1. The van der Waals surface area contributed by atoms with Crippen LogP contribution in [-0.2, 0) is 0 Å². The van der Waals surface area contributed by atoms with Crippen molar-refractivity contribution < 1.29 is 18.7 Å². The molecule has 7 heteroatoms. The van der Waals surface area contributed by atoms with Crippen molar-refractivity contribution in [1.29, 1.82) is 0 Å². The maximum atomic E-state index is 13.1. The van der Waals surface area contributed by atoms with Crippen molar-refractivity contribution in [2.75, 3.05) is 7.11 Å². The summed E-state index contributed by atoms with van der Waals surface area (Å²) < 4.78 is 23.9. The molecular formula is C21H14ClFN2O3. The lowest BCUT2D eigenvalue weighted by Gasteiger charge is -2.07. The molecule has 1 heterocycles. The molecular weight excluding hydrogens is 383 g/mol. The van der Waals surface area contributed by atoms with Crippen molar-refractivity contribution in [2.45, 2.75) is 0 Å². The number of hydrogen-bond acceptors (Lipinski definition) is 5. The summed E-state index contributed by atoms with van der Waals surface area (Å²) in [6.45, 7) is 0. The van der Waals surface area contributed by atoms with Crippen LogP contribution in [0.3, 0.4) is 0 Å². The van der Waals surface area contributed by atoms with Gasteiger partial charge in [0.25, 0.3) is 0 Å². The first-order chi connectivity index (χ1) is 13.5. The number of phenolic OH excluding ortho intramolecular Hbond substituents is 1. The molecule has 0 fully saturated rings. The van der Waals surface area contributed by atoms with E-state index in [0.717, 1.165) is 0 Å². The van der Waals surface area contributed by atoms with E-state index in [-0.39, 0.29) is 11.6 Å². The van der Waals surface area contributed by atoms with Gasteiger partial charge in [0.05, 0.1) is 23.4 Å². The first-order valence-corrected chi connectivity index (χ1v) is 8.69. The number of nitrogens with zero attached hydrogens (tertiary/aromatic N) is 2. The molecule has 0 aliphatic heterocycles. The fraction of sp³-hybridized carbons (Fsp3) is 0.0476. The van der Waals surface area contributed by atoms with Gasteiger partial charge in [0, 0.05) is 11.8 Å². The number of hydrogen-bond donors (Lipinski definition) is 1. The minimum atomic E-state index is -0.323. The largest absolute Gasteiger partial charge is 0.504 e. The number of ether oxygens (including phenoxy) is 1. The van der Waals surface area contributed by atoms with Gasteiger partial charge >= 0.3 is 0 Å². The minimum Gasteiger partial charge on any atom is -0.504 e. The molecule has 0 saturated heterocycles. The summed E-state index contributed by atoms with van der Waals surface area (Å²) >= 11 is 6.14. The predicted molar refractivity (Wildman–Crippen MR) is 106 cm³/mol. The van der Waals surface area contributed by atoms with Gasteiger partial charge in [-0.3, -0.25) is 4.99 Å². The van der Waals surface area contributed by atoms with Crippen LogP contribution in [0.4, 0.5) is 10.1 Å². The zero-order valence-corrected chi connectivity index (χ0v) is 15.4. The Balaban J connectivity index is 1.67. The van der Waals surface area contributed by atoms with E-state index in [4.69, 9.17) is 20.8 Å². The third-order valence-electron chi connectivity index (χ3n) is 4.15. The summed E-state index contributed by atoms with van der Waals surface area (Å²) in [4.78, 5) is 8.79. The minimum absolute atomic E-state index is 0.0835. The molecule has 0 spiro atoms. The molecule has 0 aliphatic rings. The van der Waals surface area contributed by atoms with Crippen molar-refractivity contribution in [3.05, 3.63) is 71.0 Å². The maximum Gasteiger partial charge on any atom is 0.227 e. The smallest absolute Gasteiger partial charge is 0.227 e. The van der Waals surface area contributed by atoms with Crippen LogP contribution in [0.25, 0.3) is 22.6 Å². The third-order valence-corrected chi connectivity index (χ3v) is 4.48. The third kappa shape index (κ3) is 3.42. The van der Waals surface area contributed by atoms with Gasteiger partial charge in [0.2, 0.25) is 5.89 Å². The topological polar surface area (TPSA) is 67.9 Å². The van der Waals surface area contributed by atoms with Crippen LogP contribution >= 0.6 is 11.6 Å². The molecule has 0 radical (unpaired) electrons. The standard InChI is InChI=1S/C21H14ClFN2O3/c1-27-19-9-7-16(22)15(20(19)26)11-24-14-6-8-18-17(10-14)25-21(28-18)12-2-4-13(23)5-3-12/h2-11,26H,1H3. The molecule has 5 nitrogen and oxygen atoms in total. The molecule has 0 aliphatic carbocycles. The molecule has 3 aromatic carbocycles. The quantitative estimate of drug-likeness (QED) is 0.446. The van der Waals surface area contributed by atoms with Gasteiger partial charge < -0.3 is 14.3 Å². The lowest BCUT2D eigenvalue weighted by molar-refractivity contribution is 0.373. The van der Waals surface area contributed by atoms with Gasteiger partial charge in [-0.25, -0.2) is 9.37 Å². The summed E-state index contributed by atoms with van der Waals surface area (Å²) in [5.41, 5.74) is 2.82. The van der Waals surface area contributed by atoms with E-state index in [2.05, 4.69) is 9.98 Å². The van der Waals surface area contributed by atoms with Gasteiger partial charge in [-0.05, 0) is 54.6 Å². The van der Waals surface area contributed by atoms with Crippen LogP contribution in [0, 0.1) is 5.82 Å². The van der Waals surface area contributed by atoms with E-state index in [1.807, 2.05) is 0 Å². The number of aliphatic imine (C=N–C) groups is 1. The average Bonchev–Trinajstić information content (AvgIpc) is 3.12. The number of oxazole rings is 1. The lowest BCUT2D eigenvalue weighted by Crippen LogP contribution is -1.90. The Labute approximate surface area is 164 Å². The maximum absolute atomic E-state index is 13.1. The molecule has 1 N–H and O–H groups in total. The van der Waals surface area contributed by atoms with E-state index in [9.17, 15) is 9.50 Å². The summed E-state index contributed by atoms with van der Waals surface area (Å²) in [6, 6.07) is 14.4. The predicted octanol–water partition coefficient (Wildman–Crippen LogP) is 5.75. The second-order valence-electron chi connectivity index (χ2n) is 5.95. The fourth-order valence-corrected chi connectivity index (χ4v) is 2.90. The van der Waals surface area contributed by atoms with E-state index >= 15 is 0 Å². The van der Waals surface area contributed by atoms with Crippen molar-refractivity contribution in [3.63, 3.8) is 0 Å². The molecule has 0 bridgehead atoms. The van der Waals surface area contributed by atoms with E-state index < -0.39 is 0 Å². The van der Waals surface area contributed by atoms with Crippen molar-refractivity contribution in [2.24, 2.45) is 4.99 Å². The summed E-state index contributed by atoms with van der Waals surface area (Å²) in [5, 5.41) is 10.6. The Morgan fingerprint density at radius 3 is 2.68 bits per heavy atom. The highest BCUT2D eigenvalue weighted by atomic mass is 35.5. The van der Waals surface area contributed by atoms with Crippen molar-refractivity contribution in [1.82, 2.24) is 4.98 Å². The number of aromatic hydroxyl groups is 1. The average molecular weight is 397 g/mol. The van der Waals surface area contributed by atoms with Crippen LogP contribution in [0.15, 0.2) is 64.0 Å². The molecule has 0 atom stereocenters. The Bertz CT molecular complexity index is 1190. The van der Waals surface area contributed by atoms with E-state index in [1.54, 1.807) is 42.5 Å².